The van der Waals surface area contributed by atoms with Gasteiger partial charge >= 0.3 is 5.97 Å². The van der Waals surface area contributed by atoms with Crippen LogP contribution >= 0.6 is 11.6 Å². The van der Waals surface area contributed by atoms with E-state index in [1.807, 2.05) is 39.0 Å². The van der Waals surface area contributed by atoms with Crippen molar-refractivity contribution in [3.05, 3.63) is 34.9 Å². The molecule has 0 heterocycles. The quantitative estimate of drug-likeness (QED) is 0.757. The Morgan fingerprint density at radius 1 is 1.38 bits per heavy atom. The first-order valence-electron chi connectivity index (χ1n) is 5.28. The third kappa shape index (κ3) is 2.07. The molecule has 2 nitrogen and oxygen atoms in total. The molecule has 0 spiro atoms. The molecule has 0 N–H and O–H groups in total. The van der Waals surface area contributed by atoms with Gasteiger partial charge in [0, 0.05) is 5.02 Å². The molecule has 0 saturated carbocycles. The highest BCUT2D eigenvalue weighted by atomic mass is 35.5. The van der Waals surface area contributed by atoms with Crippen LogP contribution in [0.3, 0.4) is 0 Å². The van der Waals surface area contributed by atoms with Crippen LogP contribution in [0.25, 0.3) is 0 Å². The molecule has 0 amide bonds. The summed E-state index contributed by atoms with van der Waals surface area (Å²) in [5.41, 5.74) is 0.117. The van der Waals surface area contributed by atoms with Crippen LogP contribution < -0.4 is 0 Å². The van der Waals surface area contributed by atoms with Crippen molar-refractivity contribution in [1.82, 2.24) is 0 Å². The highest BCUT2D eigenvalue weighted by Gasteiger charge is 2.40. The number of benzene rings is 1. The summed E-state index contributed by atoms with van der Waals surface area (Å²) >= 11 is 6.15. The first kappa shape index (κ1) is 13.0. The summed E-state index contributed by atoms with van der Waals surface area (Å²) in [6.07, 6.45) is 0. The summed E-state index contributed by atoms with van der Waals surface area (Å²) in [5, 5.41) is 0.601. The van der Waals surface area contributed by atoms with Gasteiger partial charge in [0.15, 0.2) is 0 Å². The fourth-order valence-corrected chi connectivity index (χ4v) is 2.08. The summed E-state index contributed by atoms with van der Waals surface area (Å²) < 4.78 is 4.89. The van der Waals surface area contributed by atoms with Gasteiger partial charge in [-0.15, -0.1) is 0 Å². The largest absolute Gasteiger partial charge is 0.468 e. The van der Waals surface area contributed by atoms with Crippen LogP contribution in [-0.4, -0.2) is 13.1 Å². The zero-order valence-electron chi connectivity index (χ0n) is 10.1. The van der Waals surface area contributed by atoms with Crippen LogP contribution in [0.2, 0.25) is 5.02 Å². The average Bonchev–Trinajstić information content (AvgIpc) is 2.27. The van der Waals surface area contributed by atoms with Gasteiger partial charge in [-0.2, -0.15) is 0 Å². The number of rotatable bonds is 3. The molecule has 16 heavy (non-hydrogen) atoms. The number of esters is 1. The maximum atomic E-state index is 11.9. The highest BCUT2D eigenvalue weighted by molar-refractivity contribution is 6.31. The lowest BCUT2D eigenvalue weighted by Crippen LogP contribution is -2.39. The minimum absolute atomic E-state index is 0.111. The molecule has 1 aromatic carbocycles. The van der Waals surface area contributed by atoms with E-state index in [0.717, 1.165) is 5.56 Å². The second-order valence-corrected chi connectivity index (χ2v) is 4.74. The molecular formula is C13H17ClO2. The standard InChI is InChI=1S/C13H17ClO2/c1-9(2)13(3,12(15)16-4)10-7-5-6-8-11(10)14/h5-9H,1-4H3. The molecule has 1 unspecified atom stereocenters. The van der Waals surface area contributed by atoms with E-state index < -0.39 is 5.41 Å². The van der Waals surface area contributed by atoms with Gasteiger partial charge in [-0.25, -0.2) is 0 Å². The molecule has 1 aromatic rings. The number of methoxy groups -OCH3 is 1. The van der Waals surface area contributed by atoms with Crippen molar-refractivity contribution in [2.45, 2.75) is 26.2 Å². The van der Waals surface area contributed by atoms with Gasteiger partial charge in [0.05, 0.1) is 12.5 Å². The second-order valence-electron chi connectivity index (χ2n) is 4.33. The molecule has 0 aliphatic carbocycles. The first-order chi connectivity index (χ1) is 7.44. The monoisotopic (exact) mass is 240 g/mol. The third-order valence-corrected chi connectivity index (χ3v) is 3.53. The molecule has 3 heteroatoms. The van der Waals surface area contributed by atoms with Crippen LogP contribution in [0.4, 0.5) is 0 Å². The van der Waals surface area contributed by atoms with E-state index in [4.69, 9.17) is 16.3 Å². The maximum absolute atomic E-state index is 11.9. The highest BCUT2D eigenvalue weighted by Crippen LogP contribution is 2.37. The van der Waals surface area contributed by atoms with Crippen molar-refractivity contribution < 1.29 is 9.53 Å². The molecular weight excluding hydrogens is 224 g/mol. The summed E-state index contributed by atoms with van der Waals surface area (Å²) in [6, 6.07) is 7.40. The van der Waals surface area contributed by atoms with Crippen molar-refractivity contribution in [2.24, 2.45) is 5.92 Å². The lowest BCUT2D eigenvalue weighted by molar-refractivity contribution is -0.148. The first-order valence-corrected chi connectivity index (χ1v) is 5.65. The Labute approximate surface area is 102 Å². The SMILES string of the molecule is COC(=O)C(C)(c1ccccc1Cl)C(C)C. The van der Waals surface area contributed by atoms with E-state index >= 15 is 0 Å². The van der Waals surface area contributed by atoms with Crippen LogP contribution in [0.15, 0.2) is 24.3 Å². The van der Waals surface area contributed by atoms with E-state index in [-0.39, 0.29) is 11.9 Å². The third-order valence-electron chi connectivity index (χ3n) is 3.20. The number of halogens is 1. The van der Waals surface area contributed by atoms with Crippen molar-refractivity contribution >= 4 is 17.6 Å². The molecule has 0 saturated heterocycles. The van der Waals surface area contributed by atoms with Crippen LogP contribution in [0.5, 0.6) is 0 Å². The van der Waals surface area contributed by atoms with Crippen molar-refractivity contribution in [3.8, 4) is 0 Å². The minimum Gasteiger partial charge on any atom is -0.468 e. The van der Waals surface area contributed by atoms with E-state index in [1.54, 1.807) is 6.07 Å². The number of ether oxygens (including phenoxy) is 1. The Balaban J connectivity index is 3.33. The minimum atomic E-state index is -0.701. The van der Waals surface area contributed by atoms with Gasteiger partial charge < -0.3 is 4.74 Å². The molecule has 0 aromatic heterocycles. The molecule has 0 aliphatic rings. The fourth-order valence-electron chi connectivity index (χ4n) is 1.75. The zero-order valence-corrected chi connectivity index (χ0v) is 10.8. The van der Waals surface area contributed by atoms with Gasteiger partial charge in [0.2, 0.25) is 0 Å². The van der Waals surface area contributed by atoms with Crippen molar-refractivity contribution in [1.29, 1.82) is 0 Å². The molecule has 0 aliphatic heterocycles. The van der Waals surface area contributed by atoms with Gasteiger partial charge in [-0.1, -0.05) is 43.6 Å². The van der Waals surface area contributed by atoms with Crippen LogP contribution in [0.1, 0.15) is 26.3 Å². The molecule has 0 radical (unpaired) electrons. The summed E-state index contributed by atoms with van der Waals surface area (Å²) in [4.78, 5) is 11.9. The normalized spacial score (nSPS) is 14.6. The smallest absolute Gasteiger partial charge is 0.316 e. The lowest BCUT2D eigenvalue weighted by Gasteiger charge is -2.31. The summed E-state index contributed by atoms with van der Waals surface area (Å²) in [6.45, 7) is 5.84. The summed E-state index contributed by atoms with van der Waals surface area (Å²) in [7, 11) is 1.40. The Bertz CT molecular complexity index is 387. The predicted octanol–water partition coefficient (Wildman–Crippen LogP) is 3.43. The molecule has 88 valence electrons. The maximum Gasteiger partial charge on any atom is 0.316 e. The Morgan fingerprint density at radius 2 is 1.94 bits per heavy atom. The van der Waals surface area contributed by atoms with E-state index in [1.165, 1.54) is 7.11 Å². The van der Waals surface area contributed by atoms with Crippen molar-refractivity contribution in [3.63, 3.8) is 0 Å². The summed E-state index contributed by atoms with van der Waals surface area (Å²) in [5.74, 6) is -0.143. The van der Waals surface area contributed by atoms with Crippen LogP contribution in [0, 0.1) is 5.92 Å². The Hall–Kier alpha value is -1.02. The van der Waals surface area contributed by atoms with Gasteiger partial charge in [0.1, 0.15) is 0 Å². The molecule has 0 bridgehead atoms. The lowest BCUT2D eigenvalue weighted by atomic mass is 9.73. The number of carbonyl (C=O) groups is 1. The fraction of sp³-hybridized carbons (Fsp3) is 0.462. The molecule has 1 atom stereocenters. The van der Waals surface area contributed by atoms with Crippen molar-refractivity contribution in [2.75, 3.05) is 7.11 Å². The number of carbonyl (C=O) groups excluding carboxylic acids is 1. The van der Waals surface area contributed by atoms with Gasteiger partial charge in [-0.3, -0.25) is 4.79 Å². The van der Waals surface area contributed by atoms with Gasteiger partial charge in [-0.05, 0) is 24.5 Å². The second kappa shape index (κ2) is 4.88. The van der Waals surface area contributed by atoms with E-state index in [9.17, 15) is 4.79 Å². The Morgan fingerprint density at radius 3 is 2.38 bits per heavy atom. The number of hydrogen-bond acceptors (Lipinski definition) is 2. The average molecular weight is 241 g/mol. The van der Waals surface area contributed by atoms with E-state index in [0.29, 0.717) is 5.02 Å². The predicted molar refractivity (Wildman–Crippen MR) is 65.7 cm³/mol. The topological polar surface area (TPSA) is 26.3 Å². The van der Waals surface area contributed by atoms with Gasteiger partial charge in [0.25, 0.3) is 0 Å². The molecule has 1 rings (SSSR count). The van der Waals surface area contributed by atoms with E-state index in [2.05, 4.69) is 0 Å². The Kier molecular flexibility index (Phi) is 3.98. The number of hydrogen-bond donors (Lipinski definition) is 0. The zero-order chi connectivity index (χ0) is 12.3. The van der Waals surface area contributed by atoms with Crippen LogP contribution in [-0.2, 0) is 14.9 Å². The molecule has 0 fully saturated rings.